The molecule has 108 valence electrons. The van der Waals surface area contributed by atoms with E-state index in [0.717, 1.165) is 12.1 Å². The van der Waals surface area contributed by atoms with E-state index in [1.165, 1.54) is 11.3 Å². The van der Waals surface area contributed by atoms with Gasteiger partial charge in [-0.05, 0) is 19.3 Å². The number of nitrogens with one attached hydrogen (secondary N) is 1. The lowest BCUT2D eigenvalue weighted by atomic mass is 10.1. The number of carbonyl (C=O) groups is 1. The van der Waals surface area contributed by atoms with Crippen LogP contribution in [0.4, 0.5) is 5.69 Å². The SMILES string of the molecule is CCc1csc2nc(C)c(NC(=O)CC(C)C)c(=O)n12. The molecule has 0 spiro atoms. The van der Waals surface area contributed by atoms with Crippen molar-refractivity contribution in [2.24, 2.45) is 5.92 Å². The molecule has 5 nitrogen and oxygen atoms in total. The maximum atomic E-state index is 12.5. The highest BCUT2D eigenvalue weighted by molar-refractivity contribution is 7.15. The van der Waals surface area contributed by atoms with Gasteiger partial charge in [0, 0.05) is 17.5 Å². The first-order valence-corrected chi connectivity index (χ1v) is 7.61. The van der Waals surface area contributed by atoms with Crippen molar-refractivity contribution >= 4 is 27.9 Å². The summed E-state index contributed by atoms with van der Waals surface area (Å²) in [6, 6.07) is 0. The Balaban J connectivity index is 2.48. The summed E-state index contributed by atoms with van der Waals surface area (Å²) in [5, 5.41) is 4.65. The van der Waals surface area contributed by atoms with Gasteiger partial charge in [-0.15, -0.1) is 11.3 Å². The molecule has 0 saturated heterocycles. The van der Waals surface area contributed by atoms with Crippen molar-refractivity contribution in [3.63, 3.8) is 0 Å². The van der Waals surface area contributed by atoms with Crippen LogP contribution in [-0.4, -0.2) is 15.3 Å². The average Bonchev–Trinajstić information content (AvgIpc) is 2.76. The fourth-order valence-corrected chi connectivity index (χ4v) is 3.06. The van der Waals surface area contributed by atoms with Crippen LogP contribution in [0.15, 0.2) is 10.2 Å². The second-order valence-corrected chi connectivity index (χ2v) is 6.06. The van der Waals surface area contributed by atoms with Crippen molar-refractivity contribution in [3.05, 3.63) is 27.1 Å². The molecule has 0 aromatic carbocycles. The lowest BCUT2D eigenvalue weighted by Crippen LogP contribution is -2.25. The summed E-state index contributed by atoms with van der Waals surface area (Å²) in [7, 11) is 0. The molecule has 1 N–H and O–H groups in total. The number of anilines is 1. The molecule has 0 aliphatic carbocycles. The molecule has 2 heterocycles. The van der Waals surface area contributed by atoms with Crippen molar-refractivity contribution in [2.75, 3.05) is 5.32 Å². The number of aryl methyl sites for hydroxylation is 2. The Morgan fingerprint density at radius 3 is 2.80 bits per heavy atom. The summed E-state index contributed by atoms with van der Waals surface area (Å²) < 4.78 is 1.59. The van der Waals surface area contributed by atoms with Crippen LogP contribution in [0, 0.1) is 12.8 Å². The van der Waals surface area contributed by atoms with Gasteiger partial charge in [-0.2, -0.15) is 0 Å². The Morgan fingerprint density at radius 2 is 2.20 bits per heavy atom. The maximum Gasteiger partial charge on any atom is 0.282 e. The normalized spacial score (nSPS) is 11.2. The molecular weight excluding hydrogens is 274 g/mol. The summed E-state index contributed by atoms with van der Waals surface area (Å²) in [4.78, 5) is 29.5. The Kier molecular flexibility index (Phi) is 4.23. The molecule has 1 amide bonds. The predicted octanol–water partition coefficient (Wildman–Crippen LogP) is 2.61. The van der Waals surface area contributed by atoms with Crippen molar-refractivity contribution < 1.29 is 4.79 Å². The predicted molar refractivity (Wildman–Crippen MR) is 81.5 cm³/mol. The topological polar surface area (TPSA) is 63.5 Å². The van der Waals surface area contributed by atoms with Gasteiger partial charge in [0.05, 0.1) is 5.69 Å². The van der Waals surface area contributed by atoms with E-state index in [-0.39, 0.29) is 17.4 Å². The molecule has 0 unspecified atom stereocenters. The molecule has 2 rings (SSSR count). The molecule has 0 bridgehead atoms. The van der Waals surface area contributed by atoms with Crippen LogP contribution in [0.3, 0.4) is 0 Å². The zero-order valence-corrected chi connectivity index (χ0v) is 13.0. The monoisotopic (exact) mass is 293 g/mol. The molecule has 6 heteroatoms. The van der Waals surface area contributed by atoms with Gasteiger partial charge < -0.3 is 5.32 Å². The van der Waals surface area contributed by atoms with Crippen molar-refractivity contribution in [1.82, 2.24) is 9.38 Å². The quantitative estimate of drug-likeness (QED) is 0.942. The van der Waals surface area contributed by atoms with Crippen LogP contribution in [-0.2, 0) is 11.2 Å². The molecule has 2 aromatic rings. The Hall–Kier alpha value is -1.69. The highest BCUT2D eigenvalue weighted by atomic mass is 32.1. The fourth-order valence-electron chi connectivity index (χ4n) is 2.06. The largest absolute Gasteiger partial charge is 0.320 e. The van der Waals surface area contributed by atoms with E-state index in [9.17, 15) is 9.59 Å². The third-order valence-corrected chi connectivity index (χ3v) is 3.92. The molecule has 20 heavy (non-hydrogen) atoms. The van der Waals surface area contributed by atoms with Gasteiger partial charge in [0.1, 0.15) is 5.69 Å². The standard InChI is InChI=1S/C14H19N3O2S/c1-5-10-7-20-14-15-9(4)12(13(19)17(10)14)16-11(18)6-8(2)3/h7-8H,5-6H2,1-4H3,(H,16,18). The molecule has 0 radical (unpaired) electrons. The zero-order chi connectivity index (χ0) is 14.9. The summed E-state index contributed by atoms with van der Waals surface area (Å²) in [5.41, 5.74) is 1.59. The van der Waals surface area contributed by atoms with Gasteiger partial charge in [-0.25, -0.2) is 4.98 Å². The van der Waals surface area contributed by atoms with E-state index in [1.807, 2.05) is 26.2 Å². The fraction of sp³-hybridized carbons (Fsp3) is 0.500. The number of amides is 1. The summed E-state index contributed by atoms with van der Waals surface area (Å²) in [5.74, 6) is 0.109. The maximum absolute atomic E-state index is 12.5. The van der Waals surface area contributed by atoms with Crippen LogP contribution < -0.4 is 10.9 Å². The lowest BCUT2D eigenvalue weighted by Gasteiger charge is -2.09. The summed E-state index contributed by atoms with van der Waals surface area (Å²) in [6.07, 6.45) is 1.15. The van der Waals surface area contributed by atoms with Crippen molar-refractivity contribution in [2.45, 2.75) is 40.5 Å². The highest BCUT2D eigenvalue weighted by Crippen LogP contribution is 2.17. The third kappa shape index (κ3) is 2.75. The minimum Gasteiger partial charge on any atom is -0.320 e. The van der Waals surface area contributed by atoms with Crippen LogP contribution in [0.2, 0.25) is 0 Å². The third-order valence-electron chi connectivity index (χ3n) is 3.04. The molecule has 0 fully saturated rings. The Bertz CT molecular complexity index is 700. The van der Waals surface area contributed by atoms with E-state index in [4.69, 9.17) is 0 Å². The van der Waals surface area contributed by atoms with E-state index >= 15 is 0 Å². The first-order chi connectivity index (χ1) is 9.43. The number of carbonyl (C=O) groups excluding carboxylic acids is 1. The number of nitrogens with zero attached hydrogens (tertiary/aromatic N) is 2. The molecule has 0 aliphatic rings. The first-order valence-electron chi connectivity index (χ1n) is 6.73. The summed E-state index contributed by atoms with van der Waals surface area (Å²) in [6.45, 7) is 7.67. The molecule has 0 saturated carbocycles. The van der Waals surface area contributed by atoms with Crippen molar-refractivity contribution in [3.8, 4) is 0 Å². The second kappa shape index (κ2) is 5.75. The van der Waals surface area contributed by atoms with E-state index < -0.39 is 0 Å². The number of hydrogen-bond donors (Lipinski definition) is 1. The smallest absolute Gasteiger partial charge is 0.282 e. The lowest BCUT2D eigenvalue weighted by molar-refractivity contribution is -0.116. The molecule has 0 aliphatic heterocycles. The molecule has 0 atom stereocenters. The van der Waals surface area contributed by atoms with Crippen LogP contribution in [0.25, 0.3) is 4.96 Å². The second-order valence-electron chi connectivity index (χ2n) is 5.22. The Labute approximate surface area is 121 Å². The Morgan fingerprint density at radius 1 is 1.50 bits per heavy atom. The van der Waals surface area contributed by atoms with Crippen molar-refractivity contribution in [1.29, 1.82) is 0 Å². The van der Waals surface area contributed by atoms with Gasteiger partial charge in [0.2, 0.25) is 5.91 Å². The molecular formula is C14H19N3O2S. The van der Waals surface area contributed by atoms with Gasteiger partial charge in [0.15, 0.2) is 4.96 Å². The van der Waals surface area contributed by atoms with Crippen LogP contribution in [0.5, 0.6) is 0 Å². The first kappa shape index (κ1) is 14.7. The number of rotatable bonds is 4. The minimum absolute atomic E-state index is 0.143. The average molecular weight is 293 g/mol. The summed E-state index contributed by atoms with van der Waals surface area (Å²) >= 11 is 1.44. The van der Waals surface area contributed by atoms with E-state index in [0.29, 0.717) is 22.8 Å². The van der Waals surface area contributed by atoms with E-state index in [2.05, 4.69) is 10.3 Å². The van der Waals surface area contributed by atoms with E-state index in [1.54, 1.807) is 11.3 Å². The number of fused-ring (bicyclic) bond motifs is 1. The van der Waals surface area contributed by atoms with Crippen LogP contribution in [0.1, 0.15) is 38.6 Å². The van der Waals surface area contributed by atoms with Gasteiger partial charge in [-0.1, -0.05) is 20.8 Å². The van der Waals surface area contributed by atoms with Gasteiger partial charge in [-0.3, -0.25) is 14.0 Å². The number of hydrogen-bond acceptors (Lipinski definition) is 4. The highest BCUT2D eigenvalue weighted by Gasteiger charge is 2.15. The number of aromatic nitrogens is 2. The minimum atomic E-state index is -0.192. The zero-order valence-electron chi connectivity index (χ0n) is 12.2. The van der Waals surface area contributed by atoms with Gasteiger partial charge in [0.25, 0.3) is 5.56 Å². The molecule has 2 aromatic heterocycles. The number of thiazole rings is 1. The van der Waals surface area contributed by atoms with Gasteiger partial charge >= 0.3 is 0 Å². The van der Waals surface area contributed by atoms with Crippen LogP contribution >= 0.6 is 11.3 Å².